The second-order valence-electron chi connectivity index (χ2n) is 10.1. The zero-order valence-electron chi connectivity index (χ0n) is 22.2. The lowest BCUT2D eigenvalue weighted by atomic mass is 9.90. The van der Waals surface area contributed by atoms with Gasteiger partial charge in [-0.2, -0.15) is 0 Å². The number of H-pyrrole nitrogens is 1. The van der Waals surface area contributed by atoms with Gasteiger partial charge in [-0.25, -0.2) is 0 Å². The highest BCUT2D eigenvalue weighted by Gasteiger charge is 2.24. The Morgan fingerprint density at radius 2 is 1.51 bits per heavy atom. The van der Waals surface area contributed by atoms with Gasteiger partial charge in [0.2, 0.25) is 5.91 Å². The fourth-order valence-electron chi connectivity index (χ4n) is 5.33. The van der Waals surface area contributed by atoms with Crippen molar-refractivity contribution in [3.63, 3.8) is 0 Å². The average molecular weight is 533 g/mol. The molecule has 6 heteroatoms. The number of hydrogen-bond donors (Lipinski definition) is 2. The Bertz CT molecular complexity index is 1560. The molecular weight excluding hydrogens is 500 g/mol. The molecule has 0 bridgehead atoms. The third kappa shape index (κ3) is 5.12. The Kier molecular flexibility index (Phi) is 7.03. The van der Waals surface area contributed by atoms with Crippen LogP contribution in [-0.4, -0.2) is 38.1 Å². The molecule has 5 aromatic rings. The van der Waals surface area contributed by atoms with Gasteiger partial charge in [0.15, 0.2) is 0 Å². The van der Waals surface area contributed by atoms with Crippen LogP contribution in [0.2, 0.25) is 0 Å². The predicted octanol–water partition coefficient (Wildman–Crippen LogP) is 7.18. The Morgan fingerprint density at radius 3 is 2.21 bits per heavy atom. The maximum atomic E-state index is 13.3. The quantitative estimate of drug-likeness (QED) is 0.222. The van der Waals surface area contributed by atoms with E-state index in [1.807, 2.05) is 20.2 Å². The lowest BCUT2D eigenvalue weighted by Crippen LogP contribution is -2.32. The summed E-state index contributed by atoms with van der Waals surface area (Å²) in [7, 11) is 4.09. The van der Waals surface area contributed by atoms with E-state index in [4.69, 9.17) is 0 Å². The maximum absolute atomic E-state index is 13.3. The SMILES string of the molecule is CN(C)c1ccc(C(CNC(=O)CCN2c3ccccc3Sc3ccccc32)c2c[nH]c3ccccc23)cc1. The molecule has 4 aromatic carbocycles. The molecule has 0 radical (unpaired) electrons. The van der Waals surface area contributed by atoms with Crippen LogP contribution in [0, 0.1) is 0 Å². The molecule has 1 aliphatic heterocycles. The number of nitrogens with one attached hydrogen (secondary N) is 2. The second kappa shape index (κ2) is 10.9. The van der Waals surface area contributed by atoms with E-state index < -0.39 is 0 Å². The van der Waals surface area contributed by atoms with Gasteiger partial charge in [-0.3, -0.25) is 4.79 Å². The summed E-state index contributed by atoms with van der Waals surface area (Å²) in [4.78, 5) is 23.5. The van der Waals surface area contributed by atoms with Gasteiger partial charge in [-0.15, -0.1) is 0 Å². The Balaban J connectivity index is 1.21. The van der Waals surface area contributed by atoms with Gasteiger partial charge in [-0.05, 0) is 53.6 Å². The van der Waals surface area contributed by atoms with Crippen molar-refractivity contribution in [2.75, 3.05) is 37.0 Å². The number of hydrogen-bond acceptors (Lipinski definition) is 4. The first-order valence-electron chi connectivity index (χ1n) is 13.3. The fraction of sp³-hybridized carbons (Fsp3) is 0.182. The zero-order valence-corrected chi connectivity index (χ0v) is 23.0. The average Bonchev–Trinajstić information content (AvgIpc) is 3.39. The molecular formula is C33H32N4OS. The number of carbonyl (C=O) groups excluding carboxylic acids is 1. The van der Waals surface area contributed by atoms with Crippen LogP contribution in [0.3, 0.4) is 0 Å². The van der Waals surface area contributed by atoms with Gasteiger partial charge in [-0.1, -0.05) is 66.4 Å². The number of anilines is 3. The largest absolute Gasteiger partial charge is 0.378 e. The van der Waals surface area contributed by atoms with Crippen LogP contribution >= 0.6 is 11.8 Å². The molecule has 0 saturated carbocycles. The Hall–Kier alpha value is -4.16. The first-order valence-corrected chi connectivity index (χ1v) is 14.1. The van der Waals surface area contributed by atoms with E-state index in [-0.39, 0.29) is 11.8 Å². The summed E-state index contributed by atoms with van der Waals surface area (Å²) >= 11 is 1.79. The molecule has 1 unspecified atom stereocenters. The van der Waals surface area contributed by atoms with Crippen molar-refractivity contribution in [2.24, 2.45) is 0 Å². The number of fused-ring (bicyclic) bond motifs is 3. The lowest BCUT2D eigenvalue weighted by molar-refractivity contribution is -0.120. The summed E-state index contributed by atoms with van der Waals surface area (Å²) in [5.41, 5.74) is 6.95. The van der Waals surface area contributed by atoms with Gasteiger partial charge >= 0.3 is 0 Å². The summed E-state index contributed by atoms with van der Waals surface area (Å²) < 4.78 is 0. The van der Waals surface area contributed by atoms with Crippen molar-refractivity contribution in [1.82, 2.24) is 10.3 Å². The second-order valence-corrected chi connectivity index (χ2v) is 11.2. The topological polar surface area (TPSA) is 51.4 Å². The standard InChI is InChI=1S/C33H32N4OS/c1-36(2)24-17-15-23(16-18-24)26(27-22-34-28-10-4-3-9-25(27)28)21-35-33(38)19-20-37-29-11-5-7-13-31(29)39-32-14-8-6-12-30(32)37/h3-18,22,26,34H,19-21H2,1-2H3,(H,35,38). The van der Waals surface area contributed by atoms with E-state index >= 15 is 0 Å². The zero-order chi connectivity index (χ0) is 26.8. The normalized spacial score (nSPS) is 13.0. The number of amides is 1. The number of rotatable bonds is 8. The van der Waals surface area contributed by atoms with Crippen LogP contribution in [0.1, 0.15) is 23.5 Å². The summed E-state index contributed by atoms with van der Waals surface area (Å²) in [5, 5.41) is 4.45. The molecule has 0 aliphatic carbocycles. The molecule has 2 N–H and O–H groups in total. The van der Waals surface area contributed by atoms with Crippen LogP contribution in [0.5, 0.6) is 0 Å². The summed E-state index contributed by atoms with van der Waals surface area (Å²) in [6.45, 7) is 1.15. The minimum Gasteiger partial charge on any atom is -0.378 e. The third-order valence-corrected chi connectivity index (χ3v) is 8.54. The number of nitrogens with zero attached hydrogens (tertiary/aromatic N) is 2. The molecule has 1 amide bonds. The third-order valence-electron chi connectivity index (χ3n) is 7.41. The van der Waals surface area contributed by atoms with Crippen molar-refractivity contribution in [1.29, 1.82) is 0 Å². The van der Waals surface area contributed by atoms with Crippen LogP contribution in [0.4, 0.5) is 17.1 Å². The molecule has 6 rings (SSSR count). The van der Waals surface area contributed by atoms with E-state index in [0.717, 1.165) is 22.6 Å². The van der Waals surface area contributed by atoms with Crippen molar-refractivity contribution >= 4 is 45.6 Å². The smallest absolute Gasteiger partial charge is 0.221 e. The molecule has 1 aliphatic rings. The van der Waals surface area contributed by atoms with Crippen molar-refractivity contribution in [2.45, 2.75) is 22.1 Å². The molecule has 0 saturated heterocycles. The van der Waals surface area contributed by atoms with E-state index in [9.17, 15) is 4.79 Å². The fourth-order valence-corrected chi connectivity index (χ4v) is 6.43. The van der Waals surface area contributed by atoms with Gasteiger partial charge in [0.25, 0.3) is 0 Å². The summed E-state index contributed by atoms with van der Waals surface area (Å²) in [6, 6.07) is 33.8. The van der Waals surface area contributed by atoms with Crippen molar-refractivity contribution in [3.8, 4) is 0 Å². The first-order chi connectivity index (χ1) is 19.1. The highest BCUT2D eigenvalue weighted by atomic mass is 32.2. The molecule has 1 atom stereocenters. The number of carbonyl (C=O) groups is 1. The minimum absolute atomic E-state index is 0.0363. The monoisotopic (exact) mass is 532 g/mol. The molecule has 5 nitrogen and oxygen atoms in total. The van der Waals surface area contributed by atoms with Crippen LogP contribution in [-0.2, 0) is 4.79 Å². The maximum Gasteiger partial charge on any atom is 0.221 e. The van der Waals surface area contributed by atoms with E-state index in [0.29, 0.717) is 19.5 Å². The summed E-state index contributed by atoms with van der Waals surface area (Å²) in [5.74, 6) is 0.0899. The van der Waals surface area contributed by atoms with Crippen LogP contribution in [0.15, 0.2) is 113 Å². The highest BCUT2D eigenvalue weighted by molar-refractivity contribution is 7.99. The predicted molar refractivity (Wildman–Crippen MR) is 163 cm³/mol. The minimum atomic E-state index is 0.0363. The van der Waals surface area contributed by atoms with Crippen LogP contribution < -0.4 is 15.1 Å². The van der Waals surface area contributed by atoms with Crippen molar-refractivity contribution in [3.05, 3.63) is 114 Å². The van der Waals surface area contributed by atoms with E-state index in [2.05, 4.69) is 117 Å². The highest BCUT2D eigenvalue weighted by Crippen LogP contribution is 2.47. The van der Waals surface area contributed by atoms with Gasteiger partial charge in [0.05, 0.1) is 11.4 Å². The molecule has 1 aromatic heterocycles. The van der Waals surface area contributed by atoms with E-state index in [1.165, 1.54) is 26.3 Å². The number of benzene rings is 4. The number of para-hydroxylation sites is 3. The number of aromatic nitrogens is 1. The molecule has 2 heterocycles. The van der Waals surface area contributed by atoms with Crippen LogP contribution in [0.25, 0.3) is 10.9 Å². The summed E-state index contributed by atoms with van der Waals surface area (Å²) in [6.07, 6.45) is 2.49. The van der Waals surface area contributed by atoms with Gasteiger partial charge in [0.1, 0.15) is 0 Å². The Labute approximate surface area is 233 Å². The van der Waals surface area contributed by atoms with Gasteiger partial charge < -0.3 is 20.1 Å². The molecule has 39 heavy (non-hydrogen) atoms. The van der Waals surface area contributed by atoms with Gasteiger partial charge in [0, 0.05) is 72.1 Å². The van der Waals surface area contributed by atoms with Crippen molar-refractivity contribution < 1.29 is 4.79 Å². The Morgan fingerprint density at radius 1 is 0.872 bits per heavy atom. The number of aromatic amines is 1. The molecule has 196 valence electrons. The first kappa shape index (κ1) is 25.1. The lowest BCUT2D eigenvalue weighted by Gasteiger charge is -2.32. The van der Waals surface area contributed by atoms with E-state index in [1.54, 1.807) is 11.8 Å². The molecule has 0 spiro atoms. The molecule has 0 fully saturated rings.